The Hall–Kier alpha value is -1.70. The van der Waals surface area contributed by atoms with E-state index in [1.54, 1.807) is 0 Å². The monoisotopic (exact) mass is 228 g/mol. The van der Waals surface area contributed by atoms with E-state index in [1.165, 1.54) is 12.1 Å². The second-order valence-corrected chi connectivity index (χ2v) is 2.69. The van der Waals surface area contributed by atoms with Crippen LogP contribution in [0, 0.1) is 11.3 Å². The van der Waals surface area contributed by atoms with Crippen LogP contribution < -0.4 is 0 Å². The maximum absolute atomic E-state index is 12.5. The van der Waals surface area contributed by atoms with Gasteiger partial charge < -0.3 is 0 Å². The van der Waals surface area contributed by atoms with Crippen LogP contribution in [0.25, 0.3) is 0 Å². The Kier molecular flexibility index (Phi) is 3.20. The predicted octanol–water partition coefficient (Wildman–Crippen LogP) is 3.31. The van der Waals surface area contributed by atoms with E-state index in [0.29, 0.717) is 0 Å². The normalized spacial score (nSPS) is 10.3. The van der Waals surface area contributed by atoms with E-state index in [2.05, 4.69) is 17.2 Å². The first-order chi connectivity index (χ1) is 7.00. The number of benzene rings is 1. The number of hydrogen-bond acceptors (Lipinski definition) is 3. The smallest absolute Gasteiger partial charge is 0.194 e. The Morgan fingerprint density at radius 3 is 2.47 bits per heavy atom. The summed E-state index contributed by atoms with van der Waals surface area (Å²) in [7, 11) is 0. The van der Waals surface area contributed by atoms with Crippen molar-refractivity contribution in [1.29, 1.82) is 5.26 Å². The van der Waals surface area contributed by atoms with Crippen molar-refractivity contribution in [2.24, 2.45) is 4.99 Å². The minimum absolute atomic E-state index is 0.392. The fourth-order valence-corrected chi connectivity index (χ4v) is 1.17. The van der Waals surface area contributed by atoms with Gasteiger partial charge in [-0.25, -0.2) is 0 Å². The van der Waals surface area contributed by atoms with E-state index in [9.17, 15) is 13.2 Å². The van der Waals surface area contributed by atoms with Crippen LogP contribution in [0.4, 0.5) is 18.9 Å². The summed E-state index contributed by atoms with van der Waals surface area (Å²) in [5.74, 6) is 0. The van der Waals surface area contributed by atoms with Gasteiger partial charge in [-0.1, -0.05) is 6.07 Å². The number of alkyl halides is 3. The van der Waals surface area contributed by atoms with E-state index in [4.69, 9.17) is 5.26 Å². The molecule has 0 fully saturated rings. The minimum Gasteiger partial charge on any atom is -0.194 e. The van der Waals surface area contributed by atoms with Crippen LogP contribution >= 0.6 is 12.2 Å². The number of thiocarbonyl (C=S) groups is 1. The zero-order chi connectivity index (χ0) is 11.5. The third-order valence-corrected chi connectivity index (χ3v) is 1.70. The second kappa shape index (κ2) is 4.22. The highest BCUT2D eigenvalue weighted by molar-refractivity contribution is 7.78. The van der Waals surface area contributed by atoms with Crippen molar-refractivity contribution in [3.63, 3.8) is 0 Å². The van der Waals surface area contributed by atoms with Gasteiger partial charge in [-0.2, -0.15) is 23.4 Å². The number of halogens is 3. The Bertz CT molecular complexity index is 467. The summed E-state index contributed by atoms with van der Waals surface area (Å²) in [4.78, 5) is 3.28. The molecule has 1 aromatic rings. The zero-order valence-corrected chi connectivity index (χ0v) is 7.99. The maximum Gasteiger partial charge on any atom is 0.419 e. The Labute approximate surface area is 88.7 Å². The number of hydrogen-bond donors (Lipinski definition) is 0. The molecule has 6 heteroatoms. The topological polar surface area (TPSA) is 36.1 Å². The first-order valence-electron chi connectivity index (χ1n) is 3.69. The highest BCUT2D eigenvalue weighted by Gasteiger charge is 2.36. The molecule has 0 saturated heterocycles. The molecule has 15 heavy (non-hydrogen) atoms. The molecule has 0 radical (unpaired) electrons. The summed E-state index contributed by atoms with van der Waals surface area (Å²) in [5, 5.41) is 10.4. The Morgan fingerprint density at radius 1 is 1.33 bits per heavy atom. The minimum atomic E-state index is -4.63. The van der Waals surface area contributed by atoms with Crippen LogP contribution in [0.15, 0.2) is 23.2 Å². The van der Waals surface area contributed by atoms with Crippen molar-refractivity contribution >= 4 is 23.1 Å². The molecule has 1 rings (SSSR count). The standard InChI is InChI=1S/C9H3F3N2S/c10-9(11,12)8-6(4-13)2-1-3-7(8)14-5-15/h1-3H. The number of isothiocyanates is 1. The summed E-state index contributed by atoms with van der Waals surface area (Å²) < 4.78 is 37.6. The molecule has 76 valence electrons. The van der Waals surface area contributed by atoms with Gasteiger partial charge >= 0.3 is 6.18 Å². The summed E-state index contributed by atoms with van der Waals surface area (Å²) in [6.07, 6.45) is -4.63. The molecule has 0 bridgehead atoms. The lowest BCUT2D eigenvalue weighted by molar-refractivity contribution is -0.137. The lowest BCUT2D eigenvalue weighted by atomic mass is 10.1. The Balaban J connectivity index is 3.56. The van der Waals surface area contributed by atoms with Gasteiger partial charge in [-0.3, -0.25) is 0 Å². The number of nitriles is 1. The van der Waals surface area contributed by atoms with Crippen molar-refractivity contribution < 1.29 is 13.2 Å². The number of rotatable bonds is 1. The van der Waals surface area contributed by atoms with Crippen molar-refractivity contribution in [3.05, 3.63) is 29.3 Å². The van der Waals surface area contributed by atoms with Gasteiger partial charge in [0.1, 0.15) is 0 Å². The second-order valence-electron chi connectivity index (χ2n) is 2.51. The molecule has 0 aliphatic heterocycles. The molecule has 1 aromatic carbocycles. The van der Waals surface area contributed by atoms with Crippen molar-refractivity contribution in [2.75, 3.05) is 0 Å². The van der Waals surface area contributed by atoms with Crippen LogP contribution in [-0.4, -0.2) is 5.16 Å². The van der Waals surface area contributed by atoms with Crippen molar-refractivity contribution in [3.8, 4) is 6.07 Å². The van der Waals surface area contributed by atoms with Crippen LogP contribution in [-0.2, 0) is 6.18 Å². The van der Waals surface area contributed by atoms with Gasteiger partial charge in [0, 0.05) is 0 Å². The van der Waals surface area contributed by atoms with Gasteiger partial charge in [0.2, 0.25) is 0 Å². The van der Waals surface area contributed by atoms with E-state index in [-0.39, 0.29) is 0 Å². The molecule has 0 heterocycles. The van der Waals surface area contributed by atoms with Crippen molar-refractivity contribution in [2.45, 2.75) is 6.18 Å². The van der Waals surface area contributed by atoms with Gasteiger partial charge in [0.25, 0.3) is 0 Å². The van der Waals surface area contributed by atoms with E-state index in [1.807, 2.05) is 5.16 Å². The van der Waals surface area contributed by atoms with E-state index >= 15 is 0 Å². The summed E-state index contributed by atoms with van der Waals surface area (Å²) in [5.41, 5.74) is -1.95. The lowest BCUT2D eigenvalue weighted by Crippen LogP contribution is -2.08. The van der Waals surface area contributed by atoms with E-state index < -0.39 is 23.0 Å². The SMILES string of the molecule is N#Cc1cccc(N=C=S)c1C(F)(F)F. The predicted molar refractivity (Wildman–Crippen MR) is 50.8 cm³/mol. The average Bonchev–Trinajstić information content (AvgIpc) is 2.16. The molecule has 0 N–H and O–H groups in total. The average molecular weight is 228 g/mol. The maximum atomic E-state index is 12.5. The molecule has 0 atom stereocenters. The van der Waals surface area contributed by atoms with Crippen LogP contribution in [0.5, 0.6) is 0 Å². The first kappa shape index (κ1) is 11.4. The largest absolute Gasteiger partial charge is 0.419 e. The van der Waals surface area contributed by atoms with Gasteiger partial charge in [0.05, 0.1) is 28.0 Å². The quantitative estimate of drug-likeness (QED) is 0.546. The van der Waals surface area contributed by atoms with Gasteiger partial charge in [-0.15, -0.1) is 0 Å². The van der Waals surface area contributed by atoms with E-state index in [0.717, 1.165) is 12.1 Å². The first-order valence-corrected chi connectivity index (χ1v) is 4.09. The molecule has 0 saturated carbocycles. The molecule has 0 aromatic heterocycles. The molecule has 0 unspecified atom stereocenters. The van der Waals surface area contributed by atoms with Crippen LogP contribution in [0.3, 0.4) is 0 Å². The molecular formula is C9H3F3N2S. The molecule has 2 nitrogen and oxygen atoms in total. The molecule has 0 aliphatic rings. The molecule has 0 amide bonds. The third kappa shape index (κ3) is 2.40. The molecule has 0 aliphatic carbocycles. The van der Waals surface area contributed by atoms with Crippen LogP contribution in [0.2, 0.25) is 0 Å². The summed E-state index contributed by atoms with van der Waals surface area (Å²) in [6, 6.07) is 4.97. The van der Waals surface area contributed by atoms with Gasteiger partial charge in [-0.05, 0) is 24.4 Å². The fourth-order valence-electron chi connectivity index (χ4n) is 1.07. The Morgan fingerprint density at radius 2 is 2.00 bits per heavy atom. The fraction of sp³-hybridized carbons (Fsp3) is 0.111. The highest BCUT2D eigenvalue weighted by atomic mass is 32.1. The van der Waals surface area contributed by atoms with Crippen LogP contribution in [0.1, 0.15) is 11.1 Å². The molecule has 0 spiro atoms. The van der Waals surface area contributed by atoms with Gasteiger partial charge in [0.15, 0.2) is 0 Å². The summed E-state index contributed by atoms with van der Waals surface area (Å²) >= 11 is 4.23. The third-order valence-electron chi connectivity index (χ3n) is 1.61. The van der Waals surface area contributed by atoms with Crippen molar-refractivity contribution in [1.82, 2.24) is 0 Å². The highest BCUT2D eigenvalue weighted by Crippen LogP contribution is 2.38. The molecular weight excluding hydrogens is 225 g/mol. The zero-order valence-electron chi connectivity index (χ0n) is 7.17. The number of nitrogens with zero attached hydrogens (tertiary/aromatic N) is 2. The lowest BCUT2D eigenvalue weighted by Gasteiger charge is -2.10. The number of aliphatic imine (C=N–C) groups is 1. The summed E-state index contributed by atoms with van der Waals surface area (Å²) in [6.45, 7) is 0.